The third-order valence-corrected chi connectivity index (χ3v) is 2.34. The van der Waals surface area contributed by atoms with Gasteiger partial charge in [0, 0.05) is 12.2 Å². The first-order valence-electron chi connectivity index (χ1n) is 6.00. The van der Waals surface area contributed by atoms with Crippen LogP contribution in [-0.2, 0) is 0 Å². The van der Waals surface area contributed by atoms with Crippen LogP contribution in [0.2, 0.25) is 0 Å². The second kappa shape index (κ2) is 6.13. The van der Waals surface area contributed by atoms with Crippen molar-refractivity contribution in [1.82, 2.24) is 19.5 Å². The summed E-state index contributed by atoms with van der Waals surface area (Å²) in [5.41, 5.74) is 1.96. The van der Waals surface area contributed by atoms with E-state index in [1.807, 2.05) is 33.0 Å². The molecule has 0 bridgehead atoms. The van der Waals surface area contributed by atoms with Crippen LogP contribution < -0.4 is 0 Å². The summed E-state index contributed by atoms with van der Waals surface area (Å²) in [4.78, 5) is 12.5. The minimum Gasteiger partial charge on any atom is -0.324 e. The van der Waals surface area contributed by atoms with E-state index in [0.29, 0.717) is 6.04 Å². The average Bonchev–Trinajstić information content (AvgIpc) is 2.75. The van der Waals surface area contributed by atoms with Gasteiger partial charge in [-0.3, -0.25) is 0 Å². The maximum atomic E-state index is 4.32. The average molecular weight is 232 g/mol. The highest BCUT2D eigenvalue weighted by Gasteiger charge is 2.11. The molecule has 0 aliphatic carbocycles. The summed E-state index contributed by atoms with van der Waals surface area (Å²) in [6.45, 7) is 10.3. The zero-order valence-corrected chi connectivity index (χ0v) is 11.2. The van der Waals surface area contributed by atoms with Gasteiger partial charge in [0.2, 0.25) is 0 Å². The topological polar surface area (TPSA) is 43.6 Å². The number of nitrogens with zero attached hydrogens (tertiary/aromatic N) is 4. The first-order valence-corrected chi connectivity index (χ1v) is 6.00. The van der Waals surface area contributed by atoms with Crippen molar-refractivity contribution in [2.24, 2.45) is 0 Å². The van der Waals surface area contributed by atoms with Crippen LogP contribution in [-0.4, -0.2) is 19.5 Å². The van der Waals surface area contributed by atoms with Crippen LogP contribution in [0.4, 0.5) is 0 Å². The summed E-state index contributed by atoms with van der Waals surface area (Å²) >= 11 is 0. The van der Waals surface area contributed by atoms with Crippen molar-refractivity contribution in [1.29, 1.82) is 0 Å². The number of hydrogen-bond acceptors (Lipinski definition) is 3. The summed E-state index contributed by atoms with van der Waals surface area (Å²) in [7, 11) is 0. The molecule has 2 aromatic heterocycles. The number of hydrogen-bond donors (Lipinski definition) is 0. The van der Waals surface area contributed by atoms with Crippen molar-refractivity contribution >= 4 is 0 Å². The molecule has 0 aliphatic heterocycles. The number of rotatable bonds is 2. The minimum absolute atomic E-state index is 0.387. The highest BCUT2D eigenvalue weighted by Crippen LogP contribution is 2.21. The van der Waals surface area contributed by atoms with Crippen LogP contribution in [0.1, 0.15) is 39.6 Å². The summed E-state index contributed by atoms with van der Waals surface area (Å²) in [6.07, 6.45) is 5.16. The summed E-state index contributed by atoms with van der Waals surface area (Å²) in [6, 6.07) is 2.28. The van der Waals surface area contributed by atoms with Gasteiger partial charge in [-0.2, -0.15) is 0 Å². The van der Waals surface area contributed by atoms with Crippen molar-refractivity contribution in [2.75, 3.05) is 0 Å². The second-order valence-electron chi connectivity index (χ2n) is 3.75. The fourth-order valence-electron chi connectivity index (χ4n) is 1.74. The number of imidazole rings is 1. The fraction of sp³-hybridized carbons (Fsp3) is 0.462. The molecule has 0 aromatic carbocycles. The normalized spacial score (nSPS) is 10.0. The van der Waals surface area contributed by atoms with Crippen LogP contribution in [0.15, 0.2) is 24.8 Å². The summed E-state index contributed by atoms with van der Waals surface area (Å²) < 4.78 is 2.17. The molecule has 0 spiro atoms. The number of aromatic nitrogens is 4. The van der Waals surface area contributed by atoms with Gasteiger partial charge in [0.1, 0.15) is 12.2 Å². The monoisotopic (exact) mass is 232 g/mol. The van der Waals surface area contributed by atoms with Gasteiger partial charge in [0.05, 0.1) is 17.6 Å². The van der Waals surface area contributed by atoms with E-state index < -0.39 is 0 Å². The lowest BCUT2D eigenvalue weighted by atomic mass is 10.3. The Morgan fingerprint density at radius 1 is 1.18 bits per heavy atom. The lowest BCUT2D eigenvalue weighted by Gasteiger charge is -2.13. The molecule has 0 aliphatic rings. The maximum Gasteiger partial charge on any atom is 0.116 e. The van der Waals surface area contributed by atoms with E-state index in [9.17, 15) is 0 Å². The van der Waals surface area contributed by atoms with Gasteiger partial charge in [-0.25, -0.2) is 15.0 Å². The van der Waals surface area contributed by atoms with Gasteiger partial charge < -0.3 is 4.57 Å². The van der Waals surface area contributed by atoms with Crippen molar-refractivity contribution in [2.45, 2.75) is 40.7 Å². The van der Waals surface area contributed by atoms with E-state index >= 15 is 0 Å². The van der Waals surface area contributed by atoms with E-state index in [4.69, 9.17) is 0 Å². The van der Waals surface area contributed by atoms with Crippen molar-refractivity contribution < 1.29 is 0 Å². The Morgan fingerprint density at radius 3 is 2.41 bits per heavy atom. The van der Waals surface area contributed by atoms with Gasteiger partial charge in [-0.05, 0) is 26.8 Å². The SMILES string of the molecule is CC.Cc1ncc(-c2ccncn2)n1C(C)C. The Morgan fingerprint density at radius 2 is 1.88 bits per heavy atom. The number of aryl methyl sites for hydroxylation is 1. The van der Waals surface area contributed by atoms with Crippen LogP contribution in [0.3, 0.4) is 0 Å². The van der Waals surface area contributed by atoms with Crippen molar-refractivity contribution in [3.63, 3.8) is 0 Å². The second-order valence-corrected chi connectivity index (χ2v) is 3.75. The van der Waals surface area contributed by atoms with Gasteiger partial charge in [-0.15, -0.1) is 0 Å². The molecule has 0 fully saturated rings. The molecule has 0 saturated heterocycles. The van der Waals surface area contributed by atoms with Crippen molar-refractivity contribution in [3.8, 4) is 11.4 Å². The van der Waals surface area contributed by atoms with Gasteiger partial charge in [-0.1, -0.05) is 13.8 Å². The zero-order chi connectivity index (χ0) is 12.8. The van der Waals surface area contributed by atoms with E-state index in [1.165, 1.54) is 0 Å². The summed E-state index contributed by atoms with van der Waals surface area (Å²) in [5.74, 6) is 1.01. The fourth-order valence-corrected chi connectivity index (χ4v) is 1.74. The van der Waals surface area contributed by atoms with Gasteiger partial charge in [0.25, 0.3) is 0 Å². The minimum atomic E-state index is 0.387. The molecule has 2 rings (SSSR count). The molecule has 0 saturated carbocycles. The van der Waals surface area contributed by atoms with Crippen LogP contribution in [0.5, 0.6) is 0 Å². The van der Waals surface area contributed by atoms with Gasteiger partial charge in [0.15, 0.2) is 0 Å². The van der Waals surface area contributed by atoms with E-state index in [2.05, 4.69) is 33.4 Å². The molecule has 4 heteroatoms. The van der Waals surface area contributed by atoms with Gasteiger partial charge >= 0.3 is 0 Å². The molecule has 0 amide bonds. The molecule has 2 heterocycles. The molecule has 0 unspecified atom stereocenters. The van der Waals surface area contributed by atoms with Crippen LogP contribution >= 0.6 is 0 Å². The van der Waals surface area contributed by atoms with E-state index in [0.717, 1.165) is 17.2 Å². The molecular formula is C13H20N4. The lowest BCUT2D eigenvalue weighted by Crippen LogP contribution is -2.05. The molecule has 0 N–H and O–H groups in total. The lowest BCUT2D eigenvalue weighted by molar-refractivity contribution is 0.587. The first kappa shape index (κ1) is 13.4. The molecule has 17 heavy (non-hydrogen) atoms. The first-order chi connectivity index (χ1) is 8.20. The Labute approximate surface area is 103 Å². The summed E-state index contributed by atoms with van der Waals surface area (Å²) in [5, 5.41) is 0. The molecule has 0 radical (unpaired) electrons. The Hall–Kier alpha value is -1.71. The molecule has 0 atom stereocenters. The van der Waals surface area contributed by atoms with Crippen molar-refractivity contribution in [3.05, 3.63) is 30.6 Å². The Bertz CT molecular complexity index is 446. The Balaban J connectivity index is 0.000000686. The quantitative estimate of drug-likeness (QED) is 0.798. The third-order valence-electron chi connectivity index (χ3n) is 2.34. The zero-order valence-electron chi connectivity index (χ0n) is 11.2. The predicted octanol–water partition coefficient (Wildman–Crippen LogP) is 3.26. The highest BCUT2D eigenvalue weighted by molar-refractivity contribution is 5.53. The predicted molar refractivity (Wildman–Crippen MR) is 69.7 cm³/mol. The van der Waals surface area contributed by atoms with Crippen LogP contribution in [0, 0.1) is 6.92 Å². The third kappa shape index (κ3) is 2.90. The smallest absolute Gasteiger partial charge is 0.116 e. The van der Waals surface area contributed by atoms with Crippen LogP contribution in [0.25, 0.3) is 11.4 Å². The van der Waals surface area contributed by atoms with E-state index in [1.54, 1.807) is 12.5 Å². The highest BCUT2D eigenvalue weighted by atomic mass is 15.1. The Kier molecular flexibility index (Phi) is 4.82. The molecular weight excluding hydrogens is 212 g/mol. The van der Waals surface area contributed by atoms with E-state index in [-0.39, 0.29) is 0 Å². The molecule has 2 aromatic rings. The maximum absolute atomic E-state index is 4.32. The molecule has 4 nitrogen and oxygen atoms in total. The molecule has 92 valence electrons. The largest absolute Gasteiger partial charge is 0.324 e. The standard InChI is InChI=1S/C11H14N4.C2H6/c1-8(2)15-9(3)13-6-11(15)10-4-5-12-7-14-10;1-2/h4-8H,1-3H3;1-2H3.